The Morgan fingerprint density at radius 1 is 0.966 bits per heavy atom. The van der Waals surface area contributed by atoms with Gasteiger partial charge in [0.05, 0.1) is 0 Å². The maximum atomic E-state index is 12.2. The second-order valence-electron chi connectivity index (χ2n) is 8.72. The van der Waals surface area contributed by atoms with Crippen molar-refractivity contribution in [3.05, 3.63) is 29.8 Å². The number of ether oxygens (including phenoxy) is 1. The Morgan fingerprint density at radius 3 is 2.24 bits per heavy atom. The molecule has 1 fully saturated rings. The van der Waals surface area contributed by atoms with Crippen LogP contribution in [0.1, 0.15) is 90.0 Å². The number of benzene rings is 1. The molecular formula is C25H43N2O2+. The second kappa shape index (κ2) is 14.6. The summed E-state index contributed by atoms with van der Waals surface area (Å²) in [5.41, 5.74) is 2.29. The predicted octanol–water partition coefficient (Wildman–Crippen LogP) is 5.58. The van der Waals surface area contributed by atoms with E-state index in [4.69, 9.17) is 4.74 Å². The van der Waals surface area contributed by atoms with Crippen molar-refractivity contribution in [1.82, 2.24) is 4.90 Å². The van der Waals surface area contributed by atoms with Crippen molar-refractivity contribution in [1.29, 1.82) is 0 Å². The molecule has 2 rings (SSSR count). The standard InChI is InChI=1S/C25H42N2O2/c1-3-4-5-6-7-8-9-11-14-23-15-17-24(18-16-23)26-25(28)29-22(2)21-27-19-12-10-13-20-27/h15-18,22H,3-14,19-21H2,1-2H3,(H,26,28)/p+1/t22-/m0/s1. The number of quaternary nitrogens is 1. The lowest BCUT2D eigenvalue weighted by Gasteiger charge is -2.28. The van der Waals surface area contributed by atoms with Gasteiger partial charge in [0.1, 0.15) is 11.8 Å². The molecular weight excluding hydrogens is 360 g/mol. The number of rotatable bonds is 13. The molecule has 1 aliphatic rings. The summed E-state index contributed by atoms with van der Waals surface area (Å²) < 4.78 is 5.58. The van der Waals surface area contributed by atoms with E-state index in [2.05, 4.69) is 24.0 Å². The lowest BCUT2D eigenvalue weighted by molar-refractivity contribution is -0.484. The number of primary amides is 1. The number of hydrogen-bond donors (Lipinski definition) is 1. The molecule has 2 N–H and O–H groups in total. The molecule has 164 valence electrons. The number of amides is 1. The SMILES string of the molecule is CCCCCCCCCCc1ccc([NH2+]C(=O)O[C@@H](C)CN2CCCCC2)cc1. The molecule has 1 aliphatic heterocycles. The van der Waals surface area contributed by atoms with Crippen LogP contribution < -0.4 is 5.32 Å². The topological polar surface area (TPSA) is 46.1 Å². The Balaban J connectivity index is 1.58. The van der Waals surface area contributed by atoms with Gasteiger partial charge in [-0.25, -0.2) is 5.32 Å². The van der Waals surface area contributed by atoms with Gasteiger partial charge in [-0.1, -0.05) is 70.4 Å². The molecule has 29 heavy (non-hydrogen) atoms. The molecule has 0 bridgehead atoms. The summed E-state index contributed by atoms with van der Waals surface area (Å²) in [7, 11) is 0. The molecule has 0 aromatic heterocycles. The van der Waals surface area contributed by atoms with Gasteiger partial charge in [0.2, 0.25) is 0 Å². The van der Waals surface area contributed by atoms with Crippen molar-refractivity contribution >= 4 is 11.8 Å². The maximum absolute atomic E-state index is 12.2. The molecule has 1 aromatic carbocycles. The summed E-state index contributed by atoms with van der Waals surface area (Å²) in [5.74, 6) is 0. The molecule has 0 radical (unpaired) electrons. The Hall–Kier alpha value is -1.39. The second-order valence-corrected chi connectivity index (χ2v) is 8.72. The number of nitrogens with zero attached hydrogens (tertiary/aromatic N) is 1. The van der Waals surface area contributed by atoms with E-state index in [1.54, 1.807) is 5.32 Å². The highest BCUT2D eigenvalue weighted by Crippen LogP contribution is 2.13. The quantitative estimate of drug-likeness (QED) is 0.346. The summed E-state index contributed by atoms with van der Waals surface area (Å²) in [6, 6.07) is 8.38. The van der Waals surface area contributed by atoms with E-state index in [-0.39, 0.29) is 12.2 Å². The molecule has 1 aromatic rings. The van der Waals surface area contributed by atoms with Gasteiger partial charge < -0.3 is 4.74 Å². The third-order valence-electron chi connectivity index (χ3n) is 5.86. The van der Waals surface area contributed by atoms with Crippen molar-refractivity contribution in [2.45, 2.75) is 97.0 Å². The third kappa shape index (κ3) is 10.8. The van der Waals surface area contributed by atoms with Crippen LogP contribution in [0.5, 0.6) is 0 Å². The summed E-state index contributed by atoms with van der Waals surface area (Å²) in [5, 5.41) is 1.62. The van der Waals surface area contributed by atoms with E-state index >= 15 is 0 Å². The molecule has 0 aliphatic carbocycles. The van der Waals surface area contributed by atoms with Crippen LogP contribution in [0.3, 0.4) is 0 Å². The van der Waals surface area contributed by atoms with Crippen molar-refractivity contribution in [3.63, 3.8) is 0 Å². The van der Waals surface area contributed by atoms with E-state index < -0.39 is 0 Å². The number of unbranched alkanes of at least 4 members (excludes halogenated alkanes) is 7. The van der Waals surface area contributed by atoms with E-state index in [1.807, 2.05) is 19.1 Å². The van der Waals surface area contributed by atoms with Crippen molar-refractivity contribution < 1.29 is 14.8 Å². The highest BCUT2D eigenvalue weighted by atomic mass is 16.6. The Morgan fingerprint density at radius 2 is 1.59 bits per heavy atom. The Kier molecular flexibility index (Phi) is 12.0. The summed E-state index contributed by atoms with van der Waals surface area (Å²) >= 11 is 0. The Bertz CT molecular complexity index is 552. The van der Waals surface area contributed by atoms with Gasteiger partial charge >= 0.3 is 6.09 Å². The first kappa shape index (κ1) is 23.9. The zero-order valence-electron chi connectivity index (χ0n) is 18.8. The van der Waals surface area contributed by atoms with Crippen LogP contribution in [0, 0.1) is 0 Å². The van der Waals surface area contributed by atoms with Gasteiger partial charge in [-0.2, -0.15) is 4.79 Å². The fraction of sp³-hybridized carbons (Fsp3) is 0.720. The van der Waals surface area contributed by atoms with Gasteiger partial charge in [-0.15, -0.1) is 0 Å². The van der Waals surface area contributed by atoms with Crippen LogP contribution in [0.4, 0.5) is 10.5 Å². The van der Waals surface area contributed by atoms with Crippen molar-refractivity contribution in [2.24, 2.45) is 0 Å². The van der Waals surface area contributed by atoms with Crippen LogP contribution in [0.2, 0.25) is 0 Å². The van der Waals surface area contributed by atoms with E-state index in [0.717, 1.165) is 31.7 Å². The van der Waals surface area contributed by atoms with E-state index in [1.165, 1.54) is 76.2 Å². The Labute approximate surface area is 178 Å². The molecule has 4 nitrogen and oxygen atoms in total. The van der Waals surface area contributed by atoms with Crippen molar-refractivity contribution in [3.8, 4) is 0 Å². The number of nitrogens with two attached hydrogens (primary N) is 1. The minimum atomic E-state index is -0.231. The van der Waals surface area contributed by atoms with Gasteiger partial charge in [-0.3, -0.25) is 4.90 Å². The van der Waals surface area contributed by atoms with Crippen LogP contribution >= 0.6 is 0 Å². The highest BCUT2D eigenvalue weighted by molar-refractivity contribution is 5.59. The first-order chi connectivity index (χ1) is 14.2. The zero-order chi connectivity index (χ0) is 20.7. The van der Waals surface area contributed by atoms with E-state index in [9.17, 15) is 4.79 Å². The molecule has 1 amide bonds. The fourth-order valence-electron chi connectivity index (χ4n) is 4.15. The molecule has 1 atom stereocenters. The van der Waals surface area contributed by atoms with Crippen LogP contribution in [0.25, 0.3) is 0 Å². The monoisotopic (exact) mass is 403 g/mol. The molecule has 1 heterocycles. The summed E-state index contributed by atoms with van der Waals surface area (Å²) in [6.45, 7) is 7.37. The number of hydrogen-bond acceptors (Lipinski definition) is 3. The first-order valence-corrected chi connectivity index (χ1v) is 12.0. The number of carbonyl (C=O) groups is 1. The van der Waals surface area contributed by atoms with Crippen LogP contribution in [-0.2, 0) is 11.2 Å². The average Bonchev–Trinajstić information content (AvgIpc) is 2.71. The maximum Gasteiger partial charge on any atom is 0.518 e. The third-order valence-corrected chi connectivity index (χ3v) is 5.86. The first-order valence-electron chi connectivity index (χ1n) is 12.0. The smallest absolute Gasteiger partial charge is 0.415 e. The minimum Gasteiger partial charge on any atom is -0.415 e. The van der Waals surface area contributed by atoms with E-state index in [0.29, 0.717) is 0 Å². The molecule has 0 unspecified atom stereocenters. The number of likely N-dealkylation sites (tertiary alicyclic amines) is 1. The molecule has 0 spiro atoms. The lowest BCUT2D eigenvalue weighted by atomic mass is 10.0. The highest BCUT2D eigenvalue weighted by Gasteiger charge is 2.18. The fourth-order valence-corrected chi connectivity index (χ4v) is 4.15. The zero-order valence-corrected chi connectivity index (χ0v) is 18.8. The van der Waals surface area contributed by atoms with Crippen molar-refractivity contribution in [2.75, 3.05) is 19.6 Å². The summed E-state index contributed by atoms with van der Waals surface area (Å²) in [6.07, 6.45) is 15.5. The average molecular weight is 404 g/mol. The predicted molar refractivity (Wildman–Crippen MR) is 121 cm³/mol. The largest absolute Gasteiger partial charge is 0.518 e. The lowest BCUT2D eigenvalue weighted by Crippen LogP contribution is -2.82. The van der Waals surface area contributed by atoms with Gasteiger partial charge in [-0.05, 0) is 63.4 Å². The van der Waals surface area contributed by atoms with Gasteiger partial charge in [0.15, 0.2) is 0 Å². The molecule has 4 heteroatoms. The number of aryl methyl sites for hydroxylation is 1. The molecule has 1 saturated heterocycles. The van der Waals surface area contributed by atoms with Crippen LogP contribution in [0.15, 0.2) is 24.3 Å². The normalized spacial score (nSPS) is 15.9. The minimum absolute atomic E-state index is 0.0573. The van der Waals surface area contributed by atoms with Gasteiger partial charge in [0.25, 0.3) is 0 Å². The number of carbonyl (C=O) groups excluding carboxylic acids is 1. The summed E-state index contributed by atoms with van der Waals surface area (Å²) in [4.78, 5) is 14.6. The van der Waals surface area contributed by atoms with Gasteiger partial charge in [0, 0.05) is 6.54 Å². The molecule has 0 saturated carbocycles. The number of piperidine rings is 1. The van der Waals surface area contributed by atoms with Crippen LogP contribution in [-0.4, -0.2) is 36.7 Å².